The van der Waals surface area contributed by atoms with Gasteiger partial charge >= 0.3 is 0 Å². The molecule has 1 unspecified atom stereocenters. The zero-order valence-electron chi connectivity index (χ0n) is 22.4. The first-order valence-electron chi connectivity index (χ1n) is 12.6. The fourth-order valence-corrected chi connectivity index (χ4v) is 8.38. The molecule has 0 saturated heterocycles. The topological polar surface area (TPSA) is 124 Å². The van der Waals surface area contributed by atoms with Crippen LogP contribution in [-0.4, -0.2) is 55.9 Å². The van der Waals surface area contributed by atoms with Crippen LogP contribution in [0, 0.1) is 18.2 Å². The summed E-state index contributed by atoms with van der Waals surface area (Å²) in [7, 11) is -7.67. The van der Waals surface area contributed by atoms with Crippen LogP contribution in [0.25, 0.3) is 0 Å². The summed E-state index contributed by atoms with van der Waals surface area (Å²) >= 11 is 0. The number of sulfonamides is 2. The van der Waals surface area contributed by atoms with E-state index in [0.29, 0.717) is 28.7 Å². The van der Waals surface area contributed by atoms with Gasteiger partial charge in [0, 0.05) is 19.6 Å². The Labute approximate surface area is 228 Å². The molecule has 0 fully saturated rings. The predicted molar refractivity (Wildman–Crippen MR) is 143 cm³/mol. The Bertz CT molecular complexity index is 1640. The quantitative estimate of drug-likeness (QED) is 0.576. The molecular formula is C27H32FN3O6S2. The van der Waals surface area contributed by atoms with E-state index in [4.69, 9.17) is 0 Å². The number of aliphatic hydroxyl groups excluding tert-OH is 1. The van der Waals surface area contributed by atoms with E-state index in [1.165, 1.54) is 15.3 Å². The fourth-order valence-electron chi connectivity index (χ4n) is 5.90. The molecule has 0 saturated carbocycles. The van der Waals surface area contributed by atoms with E-state index >= 15 is 0 Å². The zero-order chi connectivity index (χ0) is 28.7. The number of hydrogen-bond donors (Lipinski definition) is 2. The van der Waals surface area contributed by atoms with Crippen LogP contribution < -0.4 is 4.72 Å². The number of benzene rings is 2. The molecule has 3 aliphatic rings. The highest BCUT2D eigenvalue weighted by Gasteiger charge is 2.51. The summed E-state index contributed by atoms with van der Waals surface area (Å²) in [6.07, 6.45) is 1.44. The van der Waals surface area contributed by atoms with Crippen LogP contribution in [0.1, 0.15) is 54.6 Å². The Balaban J connectivity index is 1.60. The number of nitrogens with zero attached hydrogens (tertiary/aromatic N) is 2. The highest BCUT2D eigenvalue weighted by Crippen LogP contribution is 2.46. The predicted octanol–water partition coefficient (Wildman–Crippen LogP) is 3.05. The molecule has 39 heavy (non-hydrogen) atoms. The van der Waals surface area contributed by atoms with E-state index in [0.717, 1.165) is 11.8 Å². The number of rotatable bonds is 4. The van der Waals surface area contributed by atoms with E-state index in [9.17, 15) is 31.1 Å². The monoisotopic (exact) mass is 577 g/mol. The first-order valence-corrected chi connectivity index (χ1v) is 15.9. The maximum Gasteiger partial charge on any atom is 0.256 e. The molecule has 0 aliphatic carbocycles. The normalized spacial score (nSPS) is 23.3. The first-order chi connectivity index (χ1) is 18.0. The number of nitrogens with one attached hydrogen (secondary N) is 1. The van der Waals surface area contributed by atoms with Crippen molar-refractivity contribution >= 4 is 26.0 Å². The van der Waals surface area contributed by atoms with E-state index < -0.39 is 43.5 Å². The van der Waals surface area contributed by atoms with E-state index in [1.807, 2.05) is 20.8 Å². The zero-order valence-corrected chi connectivity index (χ0v) is 24.1. The number of halogens is 1. The Hall–Kier alpha value is -2.80. The van der Waals surface area contributed by atoms with Gasteiger partial charge in [-0.1, -0.05) is 45.0 Å². The largest absolute Gasteiger partial charge is 0.510 e. The van der Waals surface area contributed by atoms with Gasteiger partial charge in [0.25, 0.3) is 5.91 Å². The third-order valence-electron chi connectivity index (χ3n) is 7.70. The van der Waals surface area contributed by atoms with Gasteiger partial charge in [-0.15, -0.1) is 0 Å². The molecule has 2 aromatic carbocycles. The standard InChI is InChI=1S/C27H32FN3O6S2/c1-15-12-16(6-9-20(15)28)13-31-25(27(2,3)4)23(32)21(26(31)33)22-18-8-7-17-10-11-30(38(5,34)35)14-19(17)24(18)39(36,37)29-22/h6-9,12,22,25,29,32H,10-11,13-14H2,1-5H3/t22?,25-/m1/s1. The second-order valence-corrected chi connectivity index (χ2v) is 15.2. The summed E-state index contributed by atoms with van der Waals surface area (Å²) in [4.78, 5) is 15.4. The van der Waals surface area contributed by atoms with Crippen molar-refractivity contribution in [1.29, 1.82) is 0 Å². The molecule has 0 aromatic heterocycles. The molecule has 9 nitrogen and oxygen atoms in total. The lowest BCUT2D eigenvalue weighted by Gasteiger charge is -2.35. The minimum atomic E-state index is -4.12. The lowest BCUT2D eigenvalue weighted by atomic mass is 9.84. The van der Waals surface area contributed by atoms with Gasteiger partial charge in [-0.3, -0.25) is 4.79 Å². The number of carbonyl (C=O) groups excluding carboxylic acids is 1. The first kappa shape index (κ1) is 27.8. The Morgan fingerprint density at radius 1 is 1.18 bits per heavy atom. The summed E-state index contributed by atoms with van der Waals surface area (Å²) < 4.78 is 69.0. The third kappa shape index (κ3) is 4.66. The van der Waals surface area contributed by atoms with Crippen LogP contribution in [0.5, 0.6) is 0 Å². The highest BCUT2D eigenvalue weighted by molar-refractivity contribution is 7.90. The Kier molecular flexibility index (Phi) is 6.49. The van der Waals surface area contributed by atoms with Crippen molar-refractivity contribution in [1.82, 2.24) is 13.9 Å². The summed E-state index contributed by atoms with van der Waals surface area (Å²) in [5, 5.41) is 11.5. The second-order valence-electron chi connectivity index (χ2n) is 11.6. The minimum absolute atomic E-state index is 0.0358. The molecule has 0 spiro atoms. The molecule has 2 N–H and O–H groups in total. The smallest absolute Gasteiger partial charge is 0.256 e. The third-order valence-corrected chi connectivity index (χ3v) is 10.5. The van der Waals surface area contributed by atoms with Gasteiger partial charge in [-0.2, -0.15) is 9.03 Å². The summed E-state index contributed by atoms with van der Waals surface area (Å²) in [6.45, 7) is 7.49. The average molecular weight is 578 g/mol. The van der Waals surface area contributed by atoms with Crippen LogP contribution in [0.15, 0.2) is 46.6 Å². The summed E-state index contributed by atoms with van der Waals surface area (Å²) in [5.74, 6) is -1.11. The molecule has 12 heteroatoms. The lowest BCUT2D eigenvalue weighted by molar-refractivity contribution is -0.129. The van der Waals surface area contributed by atoms with Crippen LogP contribution in [0.3, 0.4) is 0 Å². The van der Waals surface area contributed by atoms with Crippen molar-refractivity contribution in [3.05, 3.63) is 75.3 Å². The van der Waals surface area contributed by atoms with Crippen LogP contribution in [0.4, 0.5) is 4.39 Å². The van der Waals surface area contributed by atoms with Crippen molar-refractivity contribution in [2.75, 3.05) is 12.8 Å². The van der Waals surface area contributed by atoms with Gasteiger partial charge in [0.1, 0.15) is 11.6 Å². The second kappa shape index (κ2) is 9.12. The van der Waals surface area contributed by atoms with Crippen LogP contribution in [0.2, 0.25) is 0 Å². The van der Waals surface area contributed by atoms with Crippen molar-refractivity contribution in [2.45, 2.75) is 64.2 Å². The van der Waals surface area contributed by atoms with Crippen molar-refractivity contribution in [3.8, 4) is 0 Å². The summed E-state index contributed by atoms with van der Waals surface area (Å²) in [5.41, 5.74) is 1.84. The van der Waals surface area contributed by atoms with E-state index in [-0.39, 0.29) is 41.7 Å². The van der Waals surface area contributed by atoms with Crippen molar-refractivity contribution < 1.29 is 31.1 Å². The number of aryl methyl sites for hydroxylation is 1. The molecule has 210 valence electrons. The summed E-state index contributed by atoms with van der Waals surface area (Å²) in [6, 6.07) is 6.07. The van der Waals surface area contributed by atoms with E-state index in [1.54, 1.807) is 31.2 Å². The van der Waals surface area contributed by atoms with Gasteiger partial charge < -0.3 is 10.0 Å². The van der Waals surface area contributed by atoms with Crippen molar-refractivity contribution in [2.24, 2.45) is 5.41 Å². The Morgan fingerprint density at radius 2 is 1.87 bits per heavy atom. The van der Waals surface area contributed by atoms with Crippen LogP contribution in [-0.2, 0) is 44.4 Å². The van der Waals surface area contributed by atoms with Gasteiger partial charge in [-0.25, -0.2) is 21.2 Å². The maximum absolute atomic E-state index is 13.9. The molecular weight excluding hydrogens is 545 g/mol. The molecule has 3 aliphatic heterocycles. The number of amides is 1. The fraction of sp³-hybridized carbons (Fsp3) is 0.444. The molecule has 5 rings (SSSR count). The van der Waals surface area contributed by atoms with Gasteiger partial charge in [0.2, 0.25) is 20.0 Å². The average Bonchev–Trinajstić information content (AvgIpc) is 3.23. The molecule has 2 atom stereocenters. The van der Waals surface area contributed by atoms with Crippen molar-refractivity contribution in [3.63, 3.8) is 0 Å². The number of carbonyl (C=O) groups is 1. The number of aliphatic hydroxyl groups is 1. The molecule has 0 radical (unpaired) electrons. The van der Waals surface area contributed by atoms with Crippen LogP contribution >= 0.6 is 0 Å². The van der Waals surface area contributed by atoms with Gasteiger partial charge in [0.05, 0.1) is 28.8 Å². The minimum Gasteiger partial charge on any atom is -0.510 e. The lowest BCUT2D eigenvalue weighted by Crippen LogP contribution is -2.43. The molecule has 1 amide bonds. The maximum atomic E-state index is 13.9. The molecule has 2 aromatic rings. The van der Waals surface area contributed by atoms with E-state index in [2.05, 4.69) is 4.72 Å². The molecule has 0 bridgehead atoms. The van der Waals surface area contributed by atoms with Gasteiger partial charge in [0.15, 0.2) is 0 Å². The highest BCUT2D eigenvalue weighted by atomic mass is 32.2. The molecule has 3 heterocycles. The SMILES string of the molecule is Cc1cc(CN2C(=O)C(C3NS(=O)(=O)c4c3ccc3c4CN(S(C)(=O)=O)CC3)=C(O)[C@@H]2C(C)(C)C)ccc1F. The van der Waals surface area contributed by atoms with Gasteiger partial charge in [-0.05, 0) is 52.6 Å². The number of hydrogen-bond acceptors (Lipinski definition) is 6. The Morgan fingerprint density at radius 3 is 2.49 bits per heavy atom. The number of fused-ring (bicyclic) bond motifs is 3.